The summed E-state index contributed by atoms with van der Waals surface area (Å²) < 4.78 is 9.91. The second kappa shape index (κ2) is 6.41. The molecule has 1 aromatic carbocycles. The van der Waals surface area contributed by atoms with E-state index in [-0.39, 0.29) is 0 Å². The van der Waals surface area contributed by atoms with Gasteiger partial charge in [-0.05, 0) is 38.8 Å². The predicted molar refractivity (Wildman–Crippen MR) is 75.3 cm³/mol. The minimum atomic E-state index is -0.879. The summed E-state index contributed by atoms with van der Waals surface area (Å²) in [7, 11) is 1.28. The number of carbonyl (C=O) groups excluding carboxylic acids is 2. The van der Waals surface area contributed by atoms with E-state index >= 15 is 0 Å². The van der Waals surface area contributed by atoms with Crippen molar-refractivity contribution in [3.8, 4) is 0 Å². The lowest BCUT2D eigenvalue weighted by Crippen LogP contribution is -2.38. The molecule has 0 radical (unpaired) electrons. The summed E-state index contributed by atoms with van der Waals surface area (Å²) in [6.07, 6.45) is -0.656. The van der Waals surface area contributed by atoms with Gasteiger partial charge < -0.3 is 14.8 Å². The highest BCUT2D eigenvalue weighted by atomic mass is 16.6. The van der Waals surface area contributed by atoms with Gasteiger partial charge >= 0.3 is 12.1 Å². The zero-order chi connectivity index (χ0) is 15.3. The minimum Gasteiger partial charge on any atom is -0.467 e. The molecule has 0 aromatic heterocycles. The number of aryl methyl sites for hydroxylation is 1. The summed E-state index contributed by atoms with van der Waals surface area (Å²) >= 11 is 0. The highest BCUT2D eigenvalue weighted by Gasteiger charge is 2.27. The third-order valence-corrected chi connectivity index (χ3v) is 2.60. The van der Waals surface area contributed by atoms with Crippen LogP contribution in [-0.4, -0.2) is 24.8 Å². The highest BCUT2D eigenvalue weighted by molar-refractivity contribution is 5.83. The van der Waals surface area contributed by atoms with E-state index in [4.69, 9.17) is 9.47 Å². The first kappa shape index (κ1) is 16.0. The van der Waals surface area contributed by atoms with E-state index < -0.39 is 23.7 Å². The van der Waals surface area contributed by atoms with Crippen LogP contribution in [0.2, 0.25) is 0 Å². The standard InChI is InChI=1S/C15H21NO4/c1-10-8-6-7-9-11(10)12(13(17)19-5)16-14(18)20-15(2,3)4/h6-9,12H,1-5H3,(H,16,18)/t12-/m0/s1. The van der Waals surface area contributed by atoms with Gasteiger partial charge in [0.25, 0.3) is 0 Å². The van der Waals surface area contributed by atoms with Crippen molar-refractivity contribution in [2.75, 3.05) is 7.11 Å². The van der Waals surface area contributed by atoms with Gasteiger partial charge in [-0.2, -0.15) is 0 Å². The molecule has 0 saturated heterocycles. The van der Waals surface area contributed by atoms with Crippen LogP contribution in [0.1, 0.15) is 37.9 Å². The lowest BCUT2D eigenvalue weighted by atomic mass is 10.0. The number of hydrogen-bond donors (Lipinski definition) is 1. The fourth-order valence-electron chi connectivity index (χ4n) is 1.72. The molecule has 0 aliphatic rings. The minimum absolute atomic E-state index is 0.537. The number of esters is 1. The molecular formula is C15H21NO4. The van der Waals surface area contributed by atoms with Crippen LogP contribution in [0.4, 0.5) is 4.79 Å². The van der Waals surface area contributed by atoms with Crippen LogP contribution in [-0.2, 0) is 14.3 Å². The maximum Gasteiger partial charge on any atom is 0.408 e. The van der Waals surface area contributed by atoms with Crippen molar-refractivity contribution in [3.63, 3.8) is 0 Å². The van der Waals surface area contributed by atoms with Crippen molar-refractivity contribution in [2.45, 2.75) is 39.3 Å². The Kier molecular flexibility index (Phi) is 5.13. The molecule has 0 fully saturated rings. The molecule has 1 rings (SSSR count). The van der Waals surface area contributed by atoms with E-state index in [9.17, 15) is 9.59 Å². The average molecular weight is 279 g/mol. The van der Waals surface area contributed by atoms with Gasteiger partial charge in [0.05, 0.1) is 7.11 Å². The van der Waals surface area contributed by atoms with Crippen molar-refractivity contribution in [1.82, 2.24) is 5.32 Å². The summed E-state index contributed by atoms with van der Waals surface area (Å²) in [5, 5.41) is 2.55. The van der Waals surface area contributed by atoms with E-state index in [1.807, 2.05) is 19.1 Å². The van der Waals surface area contributed by atoms with Crippen molar-refractivity contribution in [2.24, 2.45) is 0 Å². The average Bonchev–Trinajstić information content (AvgIpc) is 2.34. The number of benzene rings is 1. The molecule has 5 heteroatoms. The summed E-state index contributed by atoms with van der Waals surface area (Å²) in [5.41, 5.74) is 0.945. The van der Waals surface area contributed by atoms with E-state index in [0.29, 0.717) is 5.56 Å². The second-order valence-electron chi connectivity index (χ2n) is 5.46. The molecule has 110 valence electrons. The number of methoxy groups -OCH3 is 1. The fraction of sp³-hybridized carbons (Fsp3) is 0.467. The largest absolute Gasteiger partial charge is 0.467 e. The molecule has 0 heterocycles. The predicted octanol–water partition coefficient (Wildman–Crippen LogP) is 2.73. The van der Waals surface area contributed by atoms with Crippen molar-refractivity contribution < 1.29 is 19.1 Å². The number of carbonyl (C=O) groups is 2. The quantitative estimate of drug-likeness (QED) is 0.864. The normalized spacial score (nSPS) is 12.4. The van der Waals surface area contributed by atoms with E-state index in [0.717, 1.165) is 5.56 Å². The Morgan fingerprint density at radius 3 is 2.30 bits per heavy atom. The van der Waals surface area contributed by atoms with Gasteiger partial charge in [-0.3, -0.25) is 0 Å². The molecule has 5 nitrogen and oxygen atoms in total. The third kappa shape index (κ3) is 4.57. The van der Waals surface area contributed by atoms with Gasteiger partial charge in [-0.25, -0.2) is 9.59 Å². The number of nitrogens with one attached hydrogen (secondary N) is 1. The summed E-state index contributed by atoms with van der Waals surface area (Å²) in [4.78, 5) is 23.7. The van der Waals surface area contributed by atoms with Crippen LogP contribution in [0, 0.1) is 6.92 Å². The fourth-order valence-corrected chi connectivity index (χ4v) is 1.72. The number of hydrogen-bond acceptors (Lipinski definition) is 4. The van der Waals surface area contributed by atoms with Crippen LogP contribution < -0.4 is 5.32 Å². The topological polar surface area (TPSA) is 64.6 Å². The molecule has 0 saturated carbocycles. The number of amides is 1. The van der Waals surface area contributed by atoms with Crippen molar-refractivity contribution in [3.05, 3.63) is 35.4 Å². The zero-order valence-corrected chi connectivity index (χ0v) is 12.5. The van der Waals surface area contributed by atoms with Gasteiger partial charge in [0.1, 0.15) is 5.60 Å². The van der Waals surface area contributed by atoms with Gasteiger partial charge in [0.15, 0.2) is 6.04 Å². The molecule has 0 aliphatic heterocycles. The molecule has 1 N–H and O–H groups in total. The van der Waals surface area contributed by atoms with Crippen LogP contribution >= 0.6 is 0 Å². The first-order valence-corrected chi connectivity index (χ1v) is 6.37. The Hall–Kier alpha value is -2.04. The van der Waals surface area contributed by atoms with E-state index in [1.54, 1.807) is 32.9 Å². The Labute approximate surface area is 119 Å². The van der Waals surface area contributed by atoms with Crippen LogP contribution in [0.15, 0.2) is 24.3 Å². The maximum absolute atomic E-state index is 11.9. The lowest BCUT2D eigenvalue weighted by Gasteiger charge is -2.23. The zero-order valence-electron chi connectivity index (χ0n) is 12.5. The molecule has 0 unspecified atom stereocenters. The van der Waals surface area contributed by atoms with Crippen molar-refractivity contribution in [1.29, 1.82) is 0 Å². The van der Waals surface area contributed by atoms with Crippen LogP contribution in [0.3, 0.4) is 0 Å². The van der Waals surface area contributed by atoms with Crippen molar-refractivity contribution >= 4 is 12.1 Å². The molecule has 1 amide bonds. The van der Waals surface area contributed by atoms with E-state index in [2.05, 4.69) is 5.32 Å². The van der Waals surface area contributed by atoms with Gasteiger partial charge in [-0.1, -0.05) is 24.3 Å². The Balaban J connectivity index is 2.95. The molecule has 1 atom stereocenters. The molecule has 0 bridgehead atoms. The van der Waals surface area contributed by atoms with Gasteiger partial charge in [0.2, 0.25) is 0 Å². The summed E-state index contributed by atoms with van der Waals surface area (Å²) in [6.45, 7) is 7.14. The molecule has 1 aromatic rings. The first-order chi connectivity index (χ1) is 9.24. The SMILES string of the molecule is COC(=O)[C@@H](NC(=O)OC(C)(C)C)c1ccccc1C. The monoisotopic (exact) mass is 279 g/mol. The number of rotatable bonds is 3. The van der Waals surface area contributed by atoms with Gasteiger partial charge in [0, 0.05) is 0 Å². The molecule has 0 spiro atoms. The summed E-state index contributed by atoms with van der Waals surface area (Å²) in [6, 6.07) is 6.42. The third-order valence-electron chi connectivity index (χ3n) is 2.60. The maximum atomic E-state index is 11.9. The van der Waals surface area contributed by atoms with E-state index in [1.165, 1.54) is 7.11 Å². The molecule has 0 aliphatic carbocycles. The smallest absolute Gasteiger partial charge is 0.408 e. The lowest BCUT2D eigenvalue weighted by molar-refractivity contribution is -0.143. The Morgan fingerprint density at radius 2 is 1.80 bits per heavy atom. The second-order valence-corrected chi connectivity index (χ2v) is 5.46. The van der Waals surface area contributed by atoms with Gasteiger partial charge in [-0.15, -0.1) is 0 Å². The Bertz CT molecular complexity index is 491. The first-order valence-electron chi connectivity index (χ1n) is 6.37. The highest BCUT2D eigenvalue weighted by Crippen LogP contribution is 2.19. The van der Waals surface area contributed by atoms with Crippen LogP contribution in [0.5, 0.6) is 0 Å². The Morgan fingerprint density at radius 1 is 1.20 bits per heavy atom. The molecular weight excluding hydrogens is 258 g/mol. The summed E-state index contributed by atoms with van der Waals surface area (Å²) in [5.74, 6) is -0.537. The number of alkyl carbamates (subject to hydrolysis) is 1. The number of ether oxygens (including phenoxy) is 2. The van der Waals surface area contributed by atoms with Crippen LogP contribution in [0.25, 0.3) is 0 Å². The molecule has 20 heavy (non-hydrogen) atoms.